The lowest BCUT2D eigenvalue weighted by Gasteiger charge is -2.16. The van der Waals surface area contributed by atoms with Crippen molar-refractivity contribution in [1.82, 2.24) is 0 Å². The highest BCUT2D eigenvalue weighted by atomic mass is 79.9. The predicted molar refractivity (Wildman–Crippen MR) is 57.1 cm³/mol. The van der Waals surface area contributed by atoms with E-state index >= 15 is 0 Å². The highest BCUT2D eigenvalue weighted by molar-refractivity contribution is 9.10. The van der Waals surface area contributed by atoms with Crippen molar-refractivity contribution in [2.75, 3.05) is 5.73 Å². The summed E-state index contributed by atoms with van der Waals surface area (Å²) in [4.78, 5) is 0. The van der Waals surface area contributed by atoms with Gasteiger partial charge in [0, 0.05) is 4.47 Å². The molecular weight excluding hydrogens is 251 g/mol. The molecule has 0 heterocycles. The molecule has 0 aliphatic rings. The van der Waals surface area contributed by atoms with Crippen LogP contribution in [0.4, 0.5) is 10.1 Å². The van der Waals surface area contributed by atoms with Crippen LogP contribution in [-0.4, -0.2) is 11.2 Å². The third kappa shape index (κ3) is 2.23. The maximum atomic E-state index is 13.2. The molecule has 0 saturated heterocycles. The van der Waals surface area contributed by atoms with Gasteiger partial charge >= 0.3 is 0 Å². The second-order valence-corrected chi connectivity index (χ2v) is 4.02. The first kappa shape index (κ1) is 11.4. The van der Waals surface area contributed by atoms with Crippen molar-refractivity contribution in [3.8, 4) is 0 Å². The van der Waals surface area contributed by atoms with Crippen molar-refractivity contribution in [2.45, 2.75) is 19.1 Å². The van der Waals surface area contributed by atoms with Gasteiger partial charge < -0.3 is 16.6 Å². The monoisotopic (exact) mass is 262 g/mol. The first-order chi connectivity index (χ1) is 6.43. The van der Waals surface area contributed by atoms with E-state index in [4.69, 9.17) is 11.5 Å². The van der Waals surface area contributed by atoms with Crippen LogP contribution in [0, 0.1) is 5.82 Å². The summed E-state index contributed by atoms with van der Waals surface area (Å²) in [7, 11) is 0. The fraction of sp³-hybridized carbons (Fsp3) is 0.333. The fourth-order valence-corrected chi connectivity index (χ4v) is 1.53. The van der Waals surface area contributed by atoms with Crippen LogP contribution >= 0.6 is 15.9 Å². The summed E-state index contributed by atoms with van der Waals surface area (Å²) < 4.78 is 13.6. The Morgan fingerprint density at radius 2 is 2.07 bits per heavy atom. The molecule has 0 fully saturated rings. The van der Waals surface area contributed by atoms with Crippen LogP contribution in [0.1, 0.15) is 18.5 Å². The van der Waals surface area contributed by atoms with Crippen molar-refractivity contribution < 1.29 is 9.50 Å². The summed E-state index contributed by atoms with van der Waals surface area (Å²) in [6.45, 7) is 1.55. The number of benzene rings is 1. The van der Waals surface area contributed by atoms with Crippen molar-refractivity contribution in [3.05, 3.63) is 28.0 Å². The van der Waals surface area contributed by atoms with Crippen LogP contribution in [0.15, 0.2) is 16.6 Å². The highest BCUT2D eigenvalue weighted by Crippen LogP contribution is 2.27. The number of aliphatic hydroxyl groups excluding tert-OH is 1. The summed E-state index contributed by atoms with van der Waals surface area (Å²) in [5.41, 5.74) is 11.6. The van der Waals surface area contributed by atoms with Crippen LogP contribution in [0.25, 0.3) is 0 Å². The van der Waals surface area contributed by atoms with E-state index in [9.17, 15) is 9.50 Å². The fourth-order valence-electron chi connectivity index (χ4n) is 1.07. The summed E-state index contributed by atoms with van der Waals surface area (Å²) in [6.07, 6.45) is -0.732. The highest BCUT2D eigenvalue weighted by Gasteiger charge is 2.15. The van der Waals surface area contributed by atoms with Crippen LogP contribution in [-0.2, 0) is 0 Å². The van der Waals surface area contributed by atoms with E-state index in [0.717, 1.165) is 0 Å². The van der Waals surface area contributed by atoms with Crippen molar-refractivity contribution >= 4 is 21.6 Å². The molecule has 0 spiro atoms. The predicted octanol–water partition coefficient (Wildman–Crippen LogP) is 1.55. The SMILES string of the molecule is CC(O)[C@@H](N)c1cc(F)c(N)c(Br)c1. The normalized spacial score (nSPS) is 15.2. The lowest BCUT2D eigenvalue weighted by Crippen LogP contribution is -2.23. The quantitative estimate of drug-likeness (QED) is 0.709. The summed E-state index contributed by atoms with van der Waals surface area (Å²) in [6, 6.07) is 2.23. The topological polar surface area (TPSA) is 72.3 Å². The first-order valence-corrected chi connectivity index (χ1v) is 4.91. The Kier molecular flexibility index (Phi) is 3.47. The molecule has 1 rings (SSSR count). The van der Waals surface area contributed by atoms with Crippen molar-refractivity contribution in [1.29, 1.82) is 0 Å². The Balaban J connectivity index is 3.12. The van der Waals surface area contributed by atoms with Crippen LogP contribution in [0.3, 0.4) is 0 Å². The molecule has 5 heteroatoms. The first-order valence-electron chi connectivity index (χ1n) is 4.11. The van der Waals surface area contributed by atoms with Crippen molar-refractivity contribution in [3.63, 3.8) is 0 Å². The minimum atomic E-state index is -0.732. The standard InChI is InChI=1S/C9H12BrFN2O/c1-4(14)8(12)5-2-6(10)9(13)7(11)3-5/h2-4,8,14H,12-13H2,1H3/t4?,8-/m1/s1. The minimum Gasteiger partial charge on any atom is -0.395 e. The molecule has 1 unspecified atom stereocenters. The Bertz CT molecular complexity index is 321. The maximum absolute atomic E-state index is 13.2. The molecule has 0 saturated carbocycles. The van der Waals surface area contributed by atoms with Gasteiger partial charge in [0.15, 0.2) is 0 Å². The molecule has 0 bridgehead atoms. The zero-order valence-corrected chi connectivity index (χ0v) is 9.25. The zero-order chi connectivity index (χ0) is 10.9. The summed E-state index contributed by atoms with van der Waals surface area (Å²) in [5.74, 6) is -0.537. The Labute approximate surface area is 90.0 Å². The smallest absolute Gasteiger partial charge is 0.147 e. The van der Waals surface area contributed by atoms with Gasteiger partial charge in [0.1, 0.15) is 5.82 Å². The number of rotatable bonds is 2. The van der Waals surface area contributed by atoms with Gasteiger partial charge in [-0.25, -0.2) is 4.39 Å². The lowest BCUT2D eigenvalue weighted by atomic mass is 10.0. The van der Waals surface area contributed by atoms with Gasteiger partial charge in [-0.1, -0.05) is 0 Å². The van der Waals surface area contributed by atoms with E-state index in [1.807, 2.05) is 0 Å². The molecular formula is C9H12BrFN2O. The second-order valence-electron chi connectivity index (χ2n) is 3.16. The third-order valence-electron chi connectivity index (χ3n) is 2.01. The van der Waals surface area contributed by atoms with Gasteiger partial charge in [-0.15, -0.1) is 0 Å². The molecule has 0 amide bonds. The number of nitrogens with two attached hydrogens (primary N) is 2. The Morgan fingerprint density at radius 3 is 2.50 bits per heavy atom. The molecule has 2 atom stereocenters. The molecule has 1 aromatic rings. The number of anilines is 1. The zero-order valence-electron chi connectivity index (χ0n) is 7.67. The Hall–Kier alpha value is -0.650. The molecule has 0 aliphatic heterocycles. The molecule has 5 N–H and O–H groups in total. The Morgan fingerprint density at radius 1 is 1.50 bits per heavy atom. The minimum absolute atomic E-state index is 0.0477. The van der Waals surface area contributed by atoms with Gasteiger partial charge in [0.2, 0.25) is 0 Å². The van der Waals surface area contributed by atoms with Crippen LogP contribution < -0.4 is 11.5 Å². The summed E-state index contributed by atoms with van der Waals surface area (Å²) >= 11 is 3.11. The number of hydrogen-bond donors (Lipinski definition) is 3. The number of hydrogen-bond acceptors (Lipinski definition) is 3. The molecule has 0 radical (unpaired) electrons. The van der Waals surface area contributed by atoms with Gasteiger partial charge in [-0.05, 0) is 40.5 Å². The lowest BCUT2D eigenvalue weighted by molar-refractivity contribution is 0.164. The largest absolute Gasteiger partial charge is 0.395 e. The molecule has 14 heavy (non-hydrogen) atoms. The second kappa shape index (κ2) is 4.25. The van der Waals surface area contributed by atoms with Crippen LogP contribution in [0.2, 0.25) is 0 Å². The maximum Gasteiger partial charge on any atom is 0.147 e. The van der Waals surface area contributed by atoms with E-state index in [0.29, 0.717) is 10.0 Å². The number of nitrogen functional groups attached to an aromatic ring is 1. The van der Waals surface area contributed by atoms with E-state index in [-0.39, 0.29) is 5.69 Å². The molecule has 1 aromatic carbocycles. The number of halogens is 2. The van der Waals surface area contributed by atoms with Gasteiger partial charge in [0.25, 0.3) is 0 Å². The summed E-state index contributed by atoms with van der Waals surface area (Å²) in [5, 5.41) is 9.23. The van der Waals surface area contributed by atoms with Gasteiger partial charge in [-0.3, -0.25) is 0 Å². The average molecular weight is 263 g/mol. The van der Waals surface area contributed by atoms with E-state index in [2.05, 4.69) is 15.9 Å². The third-order valence-corrected chi connectivity index (χ3v) is 2.66. The van der Waals surface area contributed by atoms with Crippen LogP contribution in [0.5, 0.6) is 0 Å². The van der Waals surface area contributed by atoms with Crippen molar-refractivity contribution in [2.24, 2.45) is 5.73 Å². The number of aliphatic hydroxyl groups is 1. The van der Waals surface area contributed by atoms with E-state index in [1.54, 1.807) is 13.0 Å². The molecule has 0 aliphatic carbocycles. The molecule has 78 valence electrons. The van der Waals surface area contributed by atoms with E-state index in [1.165, 1.54) is 6.07 Å². The van der Waals surface area contributed by atoms with Gasteiger partial charge in [0.05, 0.1) is 17.8 Å². The molecule has 3 nitrogen and oxygen atoms in total. The average Bonchev–Trinajstić information content (AvgIpc) is 2.12. The molecule has 0 aromatic heterocycles. The van der Waals surface area contributed by atoms with Gasteiger partial charge in [-0.2, -0.15) is 0 Å². The van der Waals surface area contributed by atoms with E-state index < -0.39 is 18.0 Å².